The predicted octanol–water partition coefficient (Wildman–Crippen LogP) is 1.50. The lowest BCUT2D eigenvalue weighted by atomic mass is 10.1. The van der Waals surface area contributed by atoms with Crippen LogP contribution in [0, 0.1) is 0 Å². The van der Waals surface area contributed by atoms with Gasteiger partial charge >= 0.3 is 0 Å². The fraction of sp³-hybridized carbons (Fsp3) is 0.167. The summed E-state index contributed by atoms with van der Waals surface area (Å²) in [6.45, 7) is 0. The highest BCUT2D eigenvalue weighted by Gasteiger charge is 2.03. The van der Waals surface area contributed by atoms with Crippen LogP contribution in [0.2, 0.25) is 0 Å². The number of carbonyl (C=O) groups is 1. The number of amides is 1. The van der Waals surface area contributed by atoms with Gasteiger partial charge in [0.1, 0.15) is 6.26 Å². The smallest absolute Gasteiger partial charge is 0.255 e. The van der Waals surface area contributed by atoms with Crippen molar-refractivity contribution >= 4 is 17.7 Å². The minimum Gasteiger partial charge on any atom is -0.440 e. The van der Waals surface area contributed by atoms with E-state index in [-0.39, 0.29) is 5.91 Å². The first-order chi connectivity index (χ1) is 8.78. The lowest BCUT2D eigenvalue weighted by molar-refractivity contribution is -0.120. The molecule has 1 heterocycles. The third-order valence-electron chi connectivity index (χ3n) is 2.32. The van der Waals surface area contributed by atoms with Crippen molar-refractivity contribution in [3.05, 3.63) is 47.9 Å². The molecule has 0 unspecified atom stereocenters. The van der Waals surface area contributed by atoms with E-state index in [4.69, 9.17) is 10.3 Å². The van der Waals surface area contributed by atoms with Crippen molar-refractivity contribution in [2.75, 3.05) is 0 Å². The largest absolute Gasteiger partial charge is 0.440 e. The SMILES string of the molecule is NNC(=O)Cc1ccc(CSc2ncco2)cc1. The number of hydrogen-bond acceptors (Lipinski definition) is 5. The van der Waals surface area contributed by atoms with Crippen LogP contribution in [0.5, 0.6) is 0 Å². The highest BCUT2D eigenvalue weighted by Crippen LogP contribution is 2.20. The van der Waals surface area contributed by atoms with Crippen LogP contribution in [0.3, 0.4) is 0 Å². The monoisotopic (exact) mass is 263 g/mol. The van der Waals surface area contributed by atoms with Gasteiger partial charge in [0, 0.05) is 5.75 Å². The van der Waals surface area contributed by atoms with Crippen LogP contribution in [-0.2, 0) is 17.0 Å². The van der Waals surface area contributed by atoms with E-state index in [2.05, 4.69) is 10.4 Å². The van der Waals surface area contributed by atoms with Gasteiger partial charge in [0.2, 0.25) is 5.91 Å². The van der Waals surface area contributed by atoms with Gasteiger partial charge in [0.05, 0.1) is 12.6 Å². The number of thioether (sulfide) groups is 1. The summed E-state index contributed by atoms with van der Waals surface area (Å²) in [6.07, 6.45) is 3.47. The number of rotatable bonds is 5. The molecular formula is C12H13N3O2S. The summed E-state index contributed by atoms with van der Waals surface area (Å²) in [7, 11) is 0. The molecule has 0 aliphatic rings. The number of hydrazine groups is 1. The van der Waals surface area contributed by atoms with E-state index in [1.54, 1.807) is 12.5 Å². The Bertz CT molecular complexity index is 497. The lowest BCUT2D eigenvalue weighted by Gasteiger charge is -2.02. The highest BCUT2D eigenvalue weighted by molar-refractivity contribution is 7.98. The molecule has 0 saturated heterocycles. The predicted molar refractivity (Wildman–Crippen MR) is 68.5 cm³/mol. The Morgan fingerprint density at radius 2 is 2.06 bits per heavy atom. The van der Waals surface area contributed by atoms with Gasteiger partial charge < -0.3 is 4.42 Å². The van der Waals surface area contributed by atoms with Crippen LogP contribution in [0.25, 0.3) is 0 Å². The minimum absolute atomic E-state index is 0.197. The maximum absolute atomic E-state index is 11.1. The van der Waals surface area contributed by atoms with Crippen LogP contribution in [0.1, 0.15) is 11.1 Å². The van der Waals surface area contributed by atoms with Crippen LogP contribution < -0.4 is 11.3 Å². The molecule has 0 saturated carbocycles. The maximum Gasteiger partial charge on any atom is 0.255 e. The fourth-order valence-corrected chi connectivity index (χ4v) is 2.16. The zero-order chi connectivity index (χ0) is 12.8. The van der Waals surface area contributed by atoms with E-state index >= 15 is 0 Å². The first-order valence-corrected chi connectivity index (χ1v) is 6.36. The van der Waals surface area contributed by atoms with Gasteiger partial charge in [-0.15, -0.1) is 0 Å². The molecule has 6 heteroatoms. The molecule has 1 amide bonds. The average Bonchev–Trinajstić information content (AvgIpc) is 2.91. The Labute approximate surface area is 109 Å². The summed E-state index contributed by atoms with van der Waals surface area (Å²) in [5.74, 6) is 5.62. The summed E-state index contributed by atoms with van der Waals surface area (Å²) in [4.78, 5) is 15.1. The Morgan fingerprint density at radius 1 is 1.33 bits per heavy atom. The summed E-state index contributed by atoms with van der Waals surface area (Å²) < 4.78 is 5.13. The molecule has 0 spiro atoms. The summed E-state index contributed by atoms with van der Waals surface area (Å²) in [5, 5.41) is 0.654. The molecular weight excluding hydrogens is 250 g/mol. The first-order valence-electron chi connectivity index (χ1n) is 5.37. The number of nitrogens with one attached hydrogen (secondary N) is 1. The van der Waals surface area contributed by atoms with Crippen LogP contribution >= 0.6 is 11.8 Å². The quantitative estimate of drug-likeness (QED) is 0.370. The second kappa shape index (κ2) is 6.23. The lowest BCUT2D eigenvalue weighted by Crippen LogP contribution is -2.31. The molecule has 0 fully saturated rings. The van der Waals surface area contributed by atoms with Crippen LogP contribution in [0.4, 0.5) is 0 Å². The van der Waals surface area contributed by atoms with Gasteiger partial charge in [-0.1, -0.05) is 36.0 Å². The maximum atomic E-state index is 11.1. The zero-order valence-corrected chi connectivity index (χ0v) is 10.4. The number of oxazole rings is 1. The number of nitrogens with zero attached hydrogens (tertiary/aromatic N) is 1. The van der Waals surface area contributed by atoms with Crippen molar-refractivity contribution in [1.29, 1.82) is 0 Å². The second-order valence-corrected chi connectivity index (χ2v) is 4.57. The van der Waals surface area contributed by atoms with E-state index in [0.717, 1.165) is 16.9 Å². The van der Waals surface area contributed by atoms with Crippen molar-refractivity contribution in [2.45, 2.75) is 17.4 Å². The van der Waals surface area contributed by atoms with Crippen molar-refractivity contribution in [3.8, 4) is 0 Å². The van der Waals surface area contributed by atoms with E-state index < -0.39 is 0 Å². The molecule has 2 rings (SSSR count). The van der Waals surface area contributed by atoms with Gasteiger partial charge in [0.15, 0.2) is 0 Å². The van der Waals surface area contributed by atoms with E-state index in [9.17, 15) is 4.79 Å². The molecule has 1 aromatic heterocycles. The van der Waals surface area contributed by atoms with Gasteiger partial charge in [-0.05, 0) is 11.1 Å². The molecule has 2 aromatic rings. The Kier molecular flexibility index (Phi) is 4.38. The summed E-state index contributed by atoms with van der Waals surface area (Å²) in [5.41, 5.74) is 4.19. The van der Waals surface area contributed by atoms with Crippen molar-refractivity contribution in [1.82, 2.24) is 10.4 Å². The average molecular weight is 263 g/mol. The molecule has 0 aliphatic carbocycles. The molecule has 3 N–H and O–H groups in total. The molecule has 18 heavy (non-hydrogen) atoms. The van der Waals surface area contributed by atoms with Gasteiger partial charge in [-0.25, -0.2) is 10.8 Å². The number of carbonyl (C=O) groups excluding carboxylic acids is 1. The van der Waals surface area contributed by atoms with Gasteiger partial charge in [0.25, 0.3) is 5.22 Å². The van der Waals surface area contributed by atoms with E-state index in [0.29, 0.717) is 11.6 Å². The topological polar surface area (TPSA) is 81.1 Å². The van der Waals surface area contributed by atoms with Crippen molar-refractivity contribution < 1.29 is 9.21 Å². The highest BCUT2D eigenvalue weighted by atomic mass is 32.2. The Morgan fingerprint density at radius 3 is 2.67 bits per heavy atom. The molecule has 0 atom stereocenters. The van der Waals surface area contributed by atoms with Crippen LogP contribution in [0.15, 0.2) is 46.4 Å². The third-order valence-corrected chi connectivity index (χ3v) is 3.25. The fourth-order valence-electron chi connectivity index (χ4n) is 1.42. The van der Waals surface area contributed by atoms with E-state index in [1.165, 1.54) is 11.8 Å². The van der Waals surface area contributed by atoms with Crippen LogP contribution in [-0.4, -0.2) is 10.9 Å². The second-order valence-electron chi connectivity index (χ2n) is 3.65. The van der Waals surface area contributed by atoms with Gasteiger partial charge in [-0.2, -0.15) is 0 Å². The molecule has 0 radical (unpaired) electrons. The number of hydrogen-bond donors (Lipinski definition) is 2. The summed E-state index contributed by atoms with van der Waals surface area (Å²) in [6, 6.07) is 7.80. The molecule has 0 bridgehead atoms. The number of benzene rings is 1. The number of nitrogens with two attached hydrogens (primary N) is 1. The Balaban J connectivity index is 1.89. The van der Waals surface area contributed by atoms with Crippen molar-refractivity contribution in [2.24, 2.45) is 5.84 Å². The summed E-state index contributed by atoms with van der Waals surface area (Å²) >= 11 is 1.53. The third kappa shape index (κ3) is 3.61. The number of aromatic nitrogens is 1. The standard InChI is InChI=1S/C12H13N3O2S/c13-15-11(16)7-9-1-3-10(4-2-9)8-18-12-14-5-6-17-12/h1-6H,7-8,13H2,(H,15,16). The normalized spacial score (nSPS) is 10.3. The minimum atomic E-state index is -0.197. The molecule has 0 aliphatic heterocycles. The van der Waals surface area contributed by atoms with Crippen molar-refractivity contribution in [3.63, 3.8) is 0 Å². The van der Waals surface area contributed by atoms with Gasteiger partial charge in [-0.3, -0.25) is 10.2 Å². The zero-order valence-electron chi connectivity index (χ0n) is 9.63. The van der Waals surface area contributed by atoms with E-state index in [1.807, 2.05) is 24.3 Å². The first kappa shape index (κ1) is 12.7. The Hall–Kier alpha value is -1.79. The molecule has 5 nitrogen and oxygen atoms in total. The molecule has 1 aromatic carbocycles. The molecule has 94 valence electrons.